The van der Waals surface area contributed by atoms with Crippen molar-refractivity contribution in [3.63, 3.8) is 0 Å². The number of hydrogen-bond acceptors (Lipinski definition) is 7. The van der Waals surface area contributed by atoms with Crippen molar-refractivity contribution >= 4 is 41.1 Å². The number of thioether (sulfide) groups is 1. The molecule has 0 aromatic heterocycles. The highest BCUT2D eigenvalue weighted by atomic mass is 32.2. The van der Waals surface area contributed by atoms with Crippen molar-refractivity contribution in [1.29, 1.82) is 0 Å². The number of amides is 2. The summed E-state index contributed by atoms with van der Waals surface area (Å²) in [5.41, 5.74) is -2.39. The minimum Gasteiger partial charge on any atom is -0.444 e. The van der Waals surface area contributed by atoms with E-state index in [1.807, 2.05) is 0 Å². The second-order valence-electron chi connectivity index (χ2n) is 9.28. The standard InChI is InChI=1S/C22H28FN3O5S/c1-20(2,3)30-18(28)24-13-8-9-16(23)15(10-13)22(7)11-14(12-27)32-17(26-22)25-19(29)31-21(4,5)6/h8-12H,1-7H3,(H,24,28)(H,25,26,29)/t22-/m0/s1. The van der Waals surface area contributed by atoms with Gasteiger partial charge in [0.1, 0.15) is 22.6 Å². The van der Waals surface area contributed by atoms with Crippen molar-refractivity contribution in [3.8, 4) is 0 Å². The molecule has 1 aliphatic rings. The normalized spacial score (nSPS) is 18.8. The topological polar surface area (TPSA) is 106 Å². The summed E-state index contributed by atoms with van der Waals surface area (Å²) in [5.74, 6) is -0.601. The van der Waals surface area contributed by atoms with Crippen molar-refractivity contribution < 1.29 is 28.2 Å². The third kappa shape index (κ3) is 7.37. The van der Waals surface area contributed by atoms with Crippen LogP contribution in [0.4, 0.5) is 19.7 Å². The Labute approximate surface area is 191 Å². The quantitative estimate of drug-likeness (QED) is 0.602. The van der Waals surface area contributed by atoms with Crippen LogP contribution in [0.5, 0.6) is 0 Å². The maximum Gasteiger partial charge on any atom is 0.413 e. The highest BCUT2D eigenvalue weighted by molar-refractivity contribution is 8.17. The number of allylic oxidation sites excluding steroid dienone is 1. The van der Waals surface area contributed by atoms with E-state index in [1.54, 1.807) is 48.5 Å². The number of alkyl carbamates (subject to hydrolysis) is 1. The number of carbonyl (C=O) groups is 3. The highest BCUT2D eigenvalue weighted by Gasteiger charge is 2.33. The first-order valence-corrected chi connectivity index (χ1v) is 10.7. The maximum absolute atomic E-state index is 14.8. The van der Waals surface area contributed by atoms with Gasteiger partial charge >= 0.3 is 12.2 Å². The minimum absolute atomic E-state index is 0.0799. The molecule has 0 fully saturated rings. The van der Waals surface area contributed by atoms with Crippen LogP contribution in [0.1, 0.15) is 54.0 Å². The molecule has 0 bridgehead atoms. The number of nitrogens with zero attached hydrogens (tertiary/aromatic N) is 1. The molecule has 2 amide bonds. The van der Waals surface area contributed by atoms with Gasteiger partial charge in [-0.1, -0.05) is 0 Å². The lowest BCUT2D eigenvalue weighted by molar-refractivity contribution is -0.104. The Morgan fingerprint density at radius 3 is 2.16 bits per heavy atom. The predicted molar refractivity (Wildman–Crippen MR) is 122 cm³/mol. The van der Waals surface area contributed by atoms with E-state index in [0.717, 1.165) is 11.8 Å². The van der Waals surface area contributed by atoms with Gasteiger partial charge in [-0.3, -0.25) is 15.4 Å². The van der Waals surface area contributed by atoms with Gasteiger partial charge in [-0.05, 0) is 84.5 Å². The molecule has 0 saturated heterocycles. The van der Waals surface area contributed by atoms with Crippen LogP contribution in [-0.2, 0) is 19.8 Å². The molecular formula is C22H28FN3O5S. The number of rotatable bonds is 3. The molecule has 2 rings (SSSR count). The monoisotopic (exact) mass is 465 g/mol. The zero-order chi connectivity index (χ0) is 24.3. The Hall–Kier alpha value is -2.88. The largest absolute Gasteiger partial charge is 0.444 e. The van der Waals surface area contributed by atoms with Crippen LogP contribution >= 0.6 is 11.8 Å². The molecule has 1 aromatic rings. The van der Waals surface area contributed by atoms with Crippen LogP contribution in [0, 0.1) is 5.82 Å². The number of aliphatic imine (C=N–C) groups is 1. The van der Waals surface area contributed by atoms with Gasteiger partial charge in [0, 0.05) is 11.3 Å². The van der Waals surface area contributed by atoms with Crippen LogP contribution in [0.15, 0.2) is 34.2 Å². The van der Waals surface area contributed by atoms with Crippen LogP contribution in [0.3, 0.4) is 0 Å². The Morgan fingerprint density at radius 2 is 1.62 bits per heavy atom. The molecule has 8 nitrogen and oxygen atoms in total. The van der Waals surface area contributed by atoms with Gasteiger partial charge in [-0.25, -0.2) is 19.0 Å². The fourth-order valence-corrected chi connectivity index (χ4v) is 3.67. The summed E-state index contributed by atoms with van der Waals surface area (Å²) < 4.78 is 25.2. The van der Waals surface area contributed by atoms with Crippen molar-refractivity contribution in [2.75, 3.05) is 5.32 Å². The first-order valence-electron chi connectivity index (χ1n) is 9.86. The second kappa shape index (κ2) is 9.32. The summed E-state index contributed by atoms with van der Waals surface area (Å²) in [4.78, 5) is 40.4. The molecule has 1 heterocycles. The van der Waals surface area contributed by atoms with Crippen LogP contribution in [0.25, 0.3) is 0 Å². The summed E-state index contributed by atoms with van der Waals surface area (Å²) in [5, 5.41) is 5.13. The van der Waals surface area contributed by atoms with Gasteiger partial charge in [0.2, 0.25) is 0 Å². The second-order valence-corrected chi connectivity index (χ2v) is 10.3. The Morgan fingerprint density at radius 1 is 1.06 bits per heavy atom. The van der Waals surface area contributed by atoms with E-state index in [1.165, 1.54) is 24.3 Å². The summed E-state index contributed by atoms with van der Waals surface area (Å²) in [6.45, 7) is 11.9. The van der Waals surface area contributed by atoms with E-state index in [4.69, 9.17) is 9.47 Å². The van der Waals surface area contributed by atoms with Gasteiger partial charge < -0.3 is 9.47 Å². The van der Waals surface area contributed by atoms with Gasteiger partial charge in [-0.15, -0.1) is 0 Å². The molecule has 2 N–H and O–H groups in total. The average Bonchev–Trinajstić information content (AvgIpc) is 2.59. The zero-order valence-corrected chi connectivity index (χ0v) is 20.0. The maximum atomic E-state index is 14.8. The summed E-state index contributed by atoms with van der Waals surface area (Å²) in [6.07, 6.45) is 0.633. The number of aldehydes is 1. The molecule has 0 aliphatic carbocycles. The van der Waals surface area contributed by atoms with E-state index >= 15 is 0 Å². The van der Waals surface area contributed by atoms with E-state index in [9.17, 15) is 18.8 Å². The Balaban J connectivity index is 2.37. The van der Waals surface area contributed by atoms with Gasteiger partial charge in [0.25, 0.3) is 0 Å². The molecule has 174 valence electrons. The number of anilines is 1. The molecule has 1 aromatic carbocycles. The number of benzene rings is 1. The molecule has 1 aliphatic heterocycles. The SMILES string of the molecule is CC(C)(C)OC(=O)NC1=N[C@](C)(c2cc(NC(=O)OC(C)(C)C)ccc2F)C=C(C=O)S1. The first kappa shape index (κ1) is 25.4. The first-order chi connectivity index (χ1) is 14.6. The summed E-state index contributed by atoms with van der Waals surface area (Å²) >= 11 is 0.929. The molecule has 32 heavy (non-hydrogen) atoms. The van der Waals surface area contributed by atoms with Crippen molar-refractivity contribution in [2.45, 2.75) is 65.2 Å². The molecule has 0 saturated carbocycles. The fourth-order valence-electron chi connectivity index (χ4n) is 2.74. The van der Waals surface area contributed by atoms with Crippen LogP contribution < -0.4 is 10.6 Å². The van der Waals surface area contributed by atoms with E-state index in [-0.39, 0.29) is 21.3 Å². The lowest BCUT2D eigenvalue weighted by Crippen LogP contribution is -2.37. The number of amidine groups is 1. The van der Waals surface area contributed by atoms with Gasteiger partial charge in [0.05, 0.1) is 4.91 Å². The van der Waals surface area contributed by atoms with Crippen LogP contribution in [-0.4, -0.2) is 34.8 Å². The van der Waals surface area contributed by atoms with Crippen LogP contribution in [0.2, 0.25) is 0 Å². The number of halogens is 1. The molecule has 0 unspecified atom stereocenters. The number of nitrogens with one attached hydrogen (secondary N) is 2. The van der Waals surface area contributed by atoms with Crippen molar-refractivity contribution in [1.82, 2.24) is 5.32 Å². The third-order valence-electron chi connectivity index (χ3n) is 3.85. The highest BCUT2D eigenvalue weighted by Crippen LogP contribution is 2.38. The summed E-state index contributed by atoms with van der Waals surface area (Å²) in [6, 6.07) is 3.97. The third-order valence-corrected chi connectivity index (χ3v) is 4.69. The lowest BCUT2D eigenvalue weighted by atomic mass is 9.91. The van der Waals surface area contributed by atoms with Crippen molar-refractivity contribution in [3.05, 3.63) is 40.6 Å². The number of hydrogen-bond donors (Lipinski definition) is 2. The molecule has 0 spiro atoms. The molecule has 1 atom stereocenters. The van der Waals surface area contributed by atoms with Gasteiger partial charge in [-0.2, -0.15) is 0 Å². The molecular weight excluding hydrogens is 437 g/mol. The zero-order valence-electron chi connectivity index (χ0n) is 19.2. The Bertz CT molecular complexity index is 979. The smallest absolute Gasteiger partial charge is 0.413 e. The average molecular weight is 466 g/mol. The lowest BCUT2D eigenvalue weighted by Gasteiger charge is -2.29. The molecule has 10 heteroatoms. The van der Waals surface area contributed by atoms with E-state index < -0.39 is 34.7 Å². The summed E-state index contributed by atoms with van der Waals surface area (Å²) in [7, 11) is 0. The van der Waals surface area contributed by atoms with E-state index in [0.29, 0.717) is 6.29 Å². The fraction of sp³-hybridized carbons (Fsp3) is 0.455. The van der Waals surface area contributed by atoms with Crippen molar-refractivity contribution in [2.24, 2.45) is 4.99 Å². The van der Waals surface area contributed by atoms with E-state index in [2.05, 4.69) is 15.6 Å². The number of ether oxygens (including phenoxy) is 2. The molecule has 0 radical (unpaired) electrons. The number of carbonyl (C=O) groups excluding carboxylic acids is 3. The minimum atomic E-state index is -1.33. The Kier molecular flexibility index (Phi) is 7.39. The van der Waals surface area contributed by atoms with Gasteiger partial charge in [0.15, 0.2) is 11.5 Å². The predicted octanol–water partition coefficient (Wildman–Crippen LogP) is 5.10.